The van der Waals surface area contributed by atoms with Crippen LogP contribution in [0.2, 0.25) is 0 Å². The van der Waals surface area contributed by atoms with E-state index in [0.717, 1.165) is 37.9 Å². The van der Waals surface area contributed by atoms with Crippen LogP contribution in [-0.2, 0) is 0 Å². The van der Waals surface area contributed by atoms with Crippen molar-refractivity contribution in [3.63, 3.8) is 0 Å². The summed E-state index contributed by atoms with van der Waals surface area (Å²) in [7, 11) is 0. The Morgan fingerprint density at radius 2 is 2.00 bits per heavy atom. The van der Waals surface area contributed by atoms with Gasteiger partial charge in [0.1, 0.15) is 5.75 Å². The highest BCUT2D eigenvalue weighted by atomic mass is 35.5. The third-order valence-corrected chi connectivity index (χ3v) is 4.38. The lowest BCUT2D eigenvalue weighted by atomic mass is 9.86. The van der Waals surface area contributed by atoms with E-state index in [1.807, 2.05) is 0 Å². The van der Waals surface area contributed by atoms with Crippen molar-refractivity contribution in [3.05, 3.63) is 24.3 Å². The minimum atomic E-state index is 0. The number of ether oxygens (including phenoxy) is 1. The molecule has 120 valence electrons. The molecule has 0 amide bonds. The molecule has 1 aromatic rings. The predicted octanol–water partition coefficient (Wildman–Crippen LogP) is 3.51. The predicted molar refractivity (Wildman–Crippen MR) is 93.5 cm³/mol. The molecular formula is C16H26Cl2N2O. The SMILES string of the molecule is C[C@@H]1CNCCN1c1ccccc1OCC1CCC1.Cl.Cl. The number of benzene rings is 1. The zero-order chi connectivity index (χ0) is 13.1. The Labute approximate surface area is 140 Å². The first kappa shape index (κ1) is 18.4. The van der Waals surface area contributed by atoms with Gasteiger partial charge in [0.2, 0.25) is 0 Å². The summed E-state index contributed by atoms with van der Waals surface area (Å²) in [6.07, 6.45) is 4.06. The average molecular weight is 333 g/mol. The normalized spacial score (nSPS) is 21.8. The second-order valence-electron chi connectivity index (χ2n) is 5.82. The van der Waals surface area contributed by atoms with Gasteiger partial charge in [-0.1, -0.05) is 18.6 Å². The van der Waals surface area contributed by atoms with Crippen LogP contribution in [0.5, 0.6) is 5.75 Å². The maximum atomic E-state index is 6.08. The van der Waals surface area contributed by atoms with Crippen LogP contribution in [0, 0.1) is 5.92 Å². The molecule has 1 N–H and O–H groups in total. The van der Waals surface area contributed by atoms with Crippen molar-refractivity contribution >= 4 is 30.5 Å². The van der Waals surface area contributed by atoms with Crippen LogP contribution in [-0.4, -0.2) is 32.3 Å². The summed E-state index contributed by atoms with van der Waals surface area (Å²) in [5, 5.41) is 3.44. The second-order valence-corrected chi connectivity index (χ2v) is 5.82. The van der Waals surface area contributed by atoms with Crippen LogP contribution >= 0.6 is 24.8 Å². The van der Waals surface area contributed by atoms with Gasteiger partial charge in [-0.25, -0.2) is 0 Å². The lowest BCUT2D eigenvalue weighted by molar-refractivity contribution is 0.180. The molecule has 0 bridgehead atoms. The monoisotopic (exact) mass is 332 g/mol. The van der Waals surface area contributed by atoms with E-state index in [4.69, 9.17) is 4.74 Å². The number of hydrogen-bond donors (Lipinski definition) is 1. The van der Waals surface area contributed by atoms with Crippen molar-refractivity contribution in [2.45, 2.75) is 32.2 Å². The topological polar surface area (TPSA) is 24.5 Å². The fourth-order valence-corrected chi connectivity index (χ4v) is 2.88. The molecule has 0 radical (unpaired) electrons. The molecule has 3 rings (SSSR count). The van der Waals surface area contributed by atoms with Gasteiger partial charge in [-0.3, -0.25) is 0 Å². The maximum Gasteiger partial charge on any atom is 0.142 e. The first-order chi connectivity index (χ1) is 9.34. The number of anilines is 1. The molecule has 0 unspecified atom stereocenters. The van der Waals surface area contributed by atoms with Crippen LogP contribution in [0.25, 0.3) is 0 Å². The van der Waals surface area contributed by atoms with Gasteiger partial charge in [0.05, 0.1) is 12.3 Å². The first-order valence-electron chi connectivity index (χ1n) is 7.54. The molecule has 1 heterocycles. The van der Waals surface area contributed by atoms with Crippen molar-refractivity contribution in [3.8, 4) is 5.75 Å². The molecule has 2 aliphatic rings. The molecule has 3 nitrogen and oxygen atoms in total. The van der Waals surface area contributed by atoms with E-state index in [9.17, 15) is 0 Å². The van der Waals surface area contributed by atoms with Crippen molar-refractivity contribution in [1.29, 1.82) is 0 Å². The fraction of sp³-hybridized carbons (Fsp3) is 0.625. The summed E-state index contributed by atoms with van der Waals surface area (Å²) in [6.45, 7) is 6.33. The summed E-state index contributed by atoms with van der Waals surface area (Å²) < 4.78 is 6.08. The number of halogens is 2. The Hall–Kier alpha value is -0.640. The highest BCUT2D eigenvalue weighted by Crippen LogP contribution is 2.32. The summed E-state index contributed by atoms with van der Waals surface area (Å²) in [4.78, 5) is 2.46. The van der Waals surface area contributed by atoms with E-state index in [-0.39, 0.29) is 24.8 Å². The third-order valence-electron chi connectivity index (χ3n) is 4.38. The van der Waals surface area contributed by atoms with Crippen LogP contribution in [0.1, 0.15) is 26.2 Å². The molecule has 0 spiro atoms. The van der Waals surface area contributed by atoms with E-state index in [2.05, 4.69) is 41.4 Å². The van der Waals surface area contributed by atoms with Gasteiger partial charge in [-0.2, -0.15) is 0 Å². The van der Waals surface area contributed by atoms with E-state index < -0.39 is 0 Å². The minimum absolute atomic E-state index is 0. The van der Waals surface area contributed by atoms with Gasteiger partial charge in [-0.15, -0.1) is 24.8 Å². The highest BCUT2D eigenvalue weighted by Gasteiger charge is 2.22. The van der Waals surface area contributed by atoms with E-state index in [0.29, 0.717) is 6.04 Å². The lowest BCUT2D eigenvalue weighted by Crippen LogP contribution is -2.50. The number of piperazine rings is 1. The maximum absolute atomic E-state index is 6.08. The summed E-state index contributed by atoms with van der Waals surface area (Å²) in [6, 6.07) is 9.02. The Morgan fingerprint density at radius 1 is 1.24 bits per heavy atom. The molecule has 1 aliphatic heterocycles. The molecule has 2 fully saturated rings. The highest BCUT2D eigenvalue weighted by molar-refractivity contribution is 5.85. The van der Waals surface area contributed by atoms with Gasteiger partial charge in [-0.05, 0) is 37.8 Å². The molecule has 21 heavy (non-hydrogen) atoms. The number of nitrogens with one attached hydrogen (secondary N) is 1. The standard InChI is InChI=1S/C16H24N2O.2ClH/c1-13-11-17-9-10-18(13)15-7-2-3-8-16(15)19-12-14-5-4-6-14;;/h2-3,7-8,13-14,17H,4-6,9-12H2,1H3;2*1H/t13-;;/m1../s1. The van der Waals surface area contributed by atoms with Crippen molar-refractivity contribution in [2.75, 3.05) is 31.1 Å². The number of nitrogens with zero attached hydrogens (tertiary/aromatic N) is 1. The largest absolute Gasteiger partial charge is 0.491 e. The van der Waals surface area contributed by atoms with Crippen molar-refractivity contribution < 1.29 is 4.74 Å². The molecule has 1 saturated heterocycles. The van der Waals surface area contributed by atoms with E-state index in [1.165, 1.54) is 24.9 Å². The summed E-state index contributed by atoms with van der Waals surface area (Å²) in [5.41, 5.74) is 1.26. The molecule has 0 aromatic heterocycles. The number of para-hydroxylation sites is 2. The van der Waals surface area contributed by atoms with E-state index >= 15 is 0 Å². The fourth-order valence-electron chi connectivity index (χ4n) is 2.88. The van der Waals surface area contributed by atoms with Crippen molar-refractivity contribution in [1.82, 2.24) is 5.32 Å². The second kappa shape index (κ2) is 8.72. The Morgan fingerprint density at radius 3 is 2.67 bits per heavy atom. The molecular weight excluding hydrogens is 307 g/mol. The smallest absolute Gasteiger partial charge is 0.142 e. The quantitative estimate of drug-likeness (QED) is 0.913. The third kappa shape index (κ3) is 4.41. The number of rotatable bonds is 4. The van der Waals surface area contributed by atoms with Gasteiger partial charge in [0, 0.05) is 25.7 Å². The molecule has 1 aromatic carbocycles. The Kier molecular flexibility index (Phi) is 7.64. The minimum Gasteiger partial charge on any atom is -0.491 e. The van der Waals surface area contributed by atoms with Crippen LogP contribution < -0.4 is 15.0 Å². The van der Waals surface area contributed by atoms with Crippen LogP contribution in [0.15, 0.2) is 24.3 Å². The summed E-state index contributed by atoms with van der Waals surface area (Å²) in [5.74, 6) is 1.84. The Bertz CT molecular complexity index is 426. The van der Waals surface area contributed by atoms with Crippen LogP contribution in [0.4, 0.5) is 5.69 Å². The van der Waals surface area contributed by atoms with Gasteiger partial charge in [0.25, 0.3) is 0 Å². The zero-order valence-electron chi connectivity index (χ0n) is 12.6. The summed E-state index contributed by atoms with van der Waals surface area (Å²) >= 11 is 0. The zero-order valence-corrected chi connectivity index (χ0v) is 14.2. The molecule has 1 aliphatic carbocycles. The van der Waals surface area contributed by atoms with Gasteiger partial charge >= 0.3 is 0 Å². The van der Waals surface area contributed by atoms with Crippen molar-refractivity contribution in [2.24, 2.45) is 5.92 Å². The van der Waals surface area contributed by atoms with Gasteiger partial charge in [0.15, 0.2) is 0 Å². The lowest BCUT2D eigenvalue weighted by Gasteiger charge is -2.37. The Balaban J connectivity index is 0.00000110. The average Bonchev–Trinajstić information content (AvgIpc) is 2.38. The number of hydrogen-bond acceptors (Lipinski definition) is 3. The molecule has 1 saturated carbocycles. The molecule has 1 atom stereocenters. The van der Waals surface area contributed by atoms with Crippen LogP contribution in [0.3, 0.4) is 0 Å². The molecule has 5 heteroatoms. The van der Waals surface area contributed by atoms with Gasteiger partial charge < -0.3 is 15.0 Å². The first-order valence-corrected chi connectivity index (χ1v) is 7.54. The van der Waals surface area contributed by atoms with E-state index in [1.54, 1.807) is 0 Å².